The van der Waals surface area contributed by atoms with E-state index in [0.29, 0.717) is 24.7 Å². The summed E-state index contributed by atoms with van der Waals surface area (Å²) in [6, 6.07) is 13.2. The zero-order valence-electron chi connectivity index (χ0n) is 12.9. The standard InChI is InChI=1S/C18H16FN3O2/c19-13-4-3-5-14(10-13)20-18(23)22-9-8-12(11-22)17-21-15-6-1-2-7-16(15)24-17/h1-7,10,12H,8-9,11H2,(H,20,23)/t12-/m0/s1. The maximum absolute atomic E-state index is 13.2. The van der Waals surface area contributed by atoms with Gasteiger partial charge in [-0.25, -0.2) is 14.2 Å². The molecule has 2 heterocycles. The maximum Gasteiger partial charge on any atom is 0.321 e. The smallest absolute Gasteiger partial charge is 0.321 e. The number of carbonyl (C=O) groups excluding carboxylic acids is 1. The van der Waals surface area contributed by atoms with Gasteiger partial charge in [-0.3, -0.25) is 0 Å². The second-order valence-electron chi connectivity index (χ2n) is 5.89. The van der Waals surface area contributed by atoms with Crippen LogP contribution < -0.4 is 5.32 Å². The van der Waals surface area contributed by atoms with Crippen LogP contribution in [0.5, 0.6) is 0 Å². The molecule has 4 rings (SSSR count). The fourth-order valence-electron chi connectivity index (χ4n) is 2.98. The van der Waals surface area contributed by atoms with Gasteiger partial charge in [0.25, 0.3) is 0 Å². The molecule has 0 aliphatic carbocycles. The van der Waals surface area contributed by atoms with E-state index in [1.807, 2.05) is 24.3 Å². The summed E-state index contributed by atoms with van der Waals surface area (Å²) in [5.41, 5.74) is 2.04. The highest BCUT2D eigenvalue weighted by Gasteiger charge is 2.30. The SMILES string of the molecule is O=C(Nc1cccc(F)c1)N1CC[C@H](c2nc3ccccc3o2)C1. The van der Waals surface area contributed by atoms with Crippen molar-refractivity contribution in [2.75, 3.05) is 18.4 Å². The first-order chi connectivity index (χ1) is 11.7. The number of oxazole rings is 1. The van der Waals surface area contributed by atoms with Gasteiger partial charge in [0.1, 0.15) is 11.3 Å². The molecule has 1 N–H and O–H groups in total. The number of fused-ring (bicyclic) bond motifs is 1. The highest BCUT2D eigenvalue weighted by Crippen LogP contribution is 2.29. The van der Waals surface area contributed by atoms with Gasteiger partial charge < -0.3 is 14.6 Å². The Kier molecular flexibility index (Phi) is 3.65. The second kappa shape index (κ2) is 5.96. The Morgan fingerprint density at radius 1 is 1.25 bits per heavy atom. The second-order valence-corrected chi connectivity index (χ2v) is 5.89. The van der Waals surface area contributed by atoms with Crippen LogP contribution in [0.15, 0.2) is 52.9 Å². The molecule has 0 saturated carbocycles. The van der Waals surface area contributed by atoms with Crippen LogP contribution in [0.25, 0.3) is 11.1 Å². The van der Waals surface area contributed by atoms with E-state index in [-0.39, 0.29) is 17.8 Å². The van der Waals surface area contributed by atoms with E-state index in [4.69, 9.17) is 4.42 Å². The molecule has 0 unspecified atom stereocenters. The molecule has 1 aliphatic rings. The van der Waals surface area contributed by atoms with Crippen LogP contribution in [-0.4, -0.2) is 29.0 Å². The van der Waals surface area contributed by atoms with E-state index in [1.54, 1.807) is 17.0 Å². The Balaban J connectivity index is 1.44. The number of anilines is 1. The lowest BCUT2D eigenvalue weighted by Crippen LogP contribution is -2.32. The monoisotopic (exact) mass is 325 g/mol. The number of hydrogen-bond donors (Lipinski definition) is 1. The number of hydrogen-bond acceptors (Lipinski definition) is 3. The van der Waals surface area contributed by atoms with Crippen molar-refractivity contribution in [3.05, 3.63) is 60.2 Å². The maximum atomic E-state index is 13.2. The third-order valence-electron chi connectivity index (χ3n) is 4.21. The summed E-state index contributed by atoms with van der Waals surface area (Å²) in [4.78, 5) is 18.5. The van der Waals surface area contributed by atoms with Crippen LogP contribution in [0.2, 0.25) is 0 Å². The van der Waals surface area contributed by atoms with Gasteiger partial charge in [0.15, 0.2) is 11.5 Å². The van der Waals surface area contributed by atoms with Gasteiger partial charge in [0, 0.05) is 18.8 Å². The van der Waals surface area contributed by atoms with Gasteiger partial charge in [-0.2, -0.15) is 0 Å². The first-order valence-corrected chi connectivity index (χ1v) is 7.86. The van der Waals surface area contributed by atoms with Gasteiger partial charge in [-0.05, 0) is 36.8 Å². The predicted molar refractivity (Wildman–Crippen MR) is 88.4 cm³/mol. The van der Waals surface area contributed by atoms with E-state index in [0.717, 1.165) is 17.5 Å². The fourth-order valence-corrected chi connectivity index (χ4v) is 2.98. The first-order valence-electron chi connectivity index (χ1n) is 7.86. The van der Waals surface area contributed by atoms with Crippen molar-refractivity contribution < 1.29 is 13.6 Å². The number of rotatable bonds is 2. The zero-order chi connectivity index (χ0) is 16.5. The molecule has 1 aliphatic heterocycles. The van der Waals surface area contributed by atoms with Crippen molar-refractivity contribution in [1.29, 1.82) is 0 Å². The van der Waals surface area contributed by atoms with E-state index in [1.165, 1.54) is 12.1 Å². The summed E-state index contributed by atoms with van der Waals surface area (Å²) in [6.07, 6.45) is 0.795. The number of benzene rings is 2. The molecule has 1 saturated heterocycles. The minimum Gasteiger partial charge on any atom is -0.440 e. The number of likely N-dealkylation sites (tertiary alicyclic amines) is 1. The number of nitrogens with one attached hydrogen (secondary N) is 1. The summed E-state index contributed by atoms with van der Waals surface area (Å²) in [6.45, 7) is 1.15. The number of amides is 2. The largest absolute Gasteiger partial charge is 0.440 e. The molecule has 6 heteroatoms. The molecule has 122 valence electrons. The van der Waals surface area contributed by atoms with Crippen LogP contribution in [0, 0.1) is 5.82 Å². The summed E-state index contributed by atoms with van der Waals surface area (Å²) >= 11 is 0. The van der Waals surface area contributed by atoms with Crippen molar-refractivity contribution in [3.63, 3.8) is 0 Å². The Hall–Kier alpha value is -2.89. The molecule has 0 spiro atoms. The third-order valence-corrected chi connectivity index (χ3v) is 4.21. The minimum absolute atomic E-state index is 0.0793. The van der Waals surface area contributed by atoms with Gasteiger partial charge >= 0.3 is 6.03 Å². The van der Waals surface area contributed by atoms with E-state index >= 15 is 0 Å². The molecule has 2 amide bonds. The minimum atomic E-state index is -0.376. The molecule has 0 bridgehead atoms. The number of urea groups is 1. The number of halogens is 1. The number of nitrogens with zero attached hydrogens (tertiary/aromatic N) is 2. The van der Waals surface area contributed by atoms with Crippen LogP contribution in [0.3, 0.4) is 0 Å². The highest BCUT2D eigenvalue weighted by atomic mass is 19.1. The third kappa shape index (κ3) is 2.82. The van der Waals surface area contributed by atoms with Crippen molar-refractivity contribution in [2.24, 2.45) is 0 Å². The van der Waals surface area contributed by atoms with E-state index in [9.17, 15) is 9.18 Å². The molecule has 1 fully saturated rings. The molecule has 1 aromatic heterocycles. The molecule has 5 nitrogen and oxygen atoms in total. The summed E-state index contributed by atoms with van der Waals surface area (Å²) in [5, 5.41) is 2.72. The lowest BCUT2D eigenvalue weighted by Gasteiger charge is -2.16. The summed E-state index contributed by atoms with van der Waals surface area (Å²) in [5.74, 6) is 0.367. The van der Waals surface area contributed by atoms with Crippen molar-refractivity contribution in [3.8, 4) is 0 Å². The van der Waals surface area contributed by atoms with Crippen molar-refractivity contribution in [1.82, 2.24) is 9.88 Å². The molecule has 1 atom stereocenters. The van der Waals surface area contributed by atoms with Gasteiger partial charge in [-0.1, -0.05) is 18.2 Å². The number of para-hydroxylation sites is 2. The van der Waals surface area contributed by atoms with Gasteiger partial charge in [-0.15, -0.1) is 0 Å². The molecule has 3 aromatic rings. The molecule has 24 heavy (non-hydrogen) atoms. The summed E-state index contributed by atoms with van der Waals surface area (Å²) < 4.78 is 19.0. The molecule has 0 radical (unpaired) electrons. The van der Waals surface area contributed by atoms with Gasteiger partial charge in [0.2, 0.25) is 0 Å². The normalized spacial score (nSPS) is 17.4. The van der Waals surface area contributed by atoms with Crippen LogP contribution in [0.1, 0.15) is 18.2 Å². The zero-order valence-corrected chi connectivity index (χ0v) is 12.9. The fraction of sp³-hybridized carbons (Fsp3) is 0.222. The average Bonchev–Trinajstić information content (AvgIpc) is 3.21. The Morgan fingerprint density at radius 2 is 2.12 bits per heavy atom. The lowest BCUT2D eigenvalue weighted by atomic mass is 10.1. The van der Waals surface area contributed by atoms with Crippen molar-refractivity contribution >= 4 is 22.8 Å². The number of carbonyl (C=O) groups is 1. The Morgan fingerprint density at radius 3 is 2.96 bits per heavy atom. The van der Waals surface area contributed by atoms with Crippen LogP contribution in [-0.2, 0) is 0 Å². The molecule has 2 aromatic carbocycles. The van der Waals surface area contributed by atoms with E-state index < -0.39 is 0 Å². The lowest BCUT2D eigenvalue weighted by molar-refractivity contribution is 0.221. The molecular formula is C18H16FN3O2. The predicted octanol–water partition coefficient (Wildman–Crippen LogP) is 3.99. The van der Waals surface area contributed by atoms with Crippen LogP contribution in [0.4, 0.5) is 14.9 Å². The first kappa shape index (κ1) is 14.7. The van der Waals surface area contributed by atoms with Crippen LogP contribution >= 0.6 is 0 Å². The quantitative estimate of drug-likeness (QED) is 0.775. The van der Waals surface area contributed by atoms with E-state index in [2.05, 4.69) is 10.3 Å². The highest BCUT2D eigenvalue weighted by molar-refractivity contribution is 5.89. The van der Waals surface area contributed by atoms with Gasteiger partial charge in [0.05, 0.1) is 5.92 Å². The Labute approximate surface area is 138 Å². The topological polar surface area (TPSA) is 58.4 Å². The number of aromatic nitrogens is 1. The Bertz CT molecular complexity index is 860. The summed E-state index contributed by atoms with van der Waals surface area (Å²) in [7, 11) is 0. The molecular weight excluding hydrogens is 309 g/mol. The van der Waals surface area contributed by atoms with Crippen molar-refractivity contribution in [2.45, 2.75) is 12.3 Å². The average molecular weight is 325 g/mol.